The molecule has 3 aliphatic carbocycles. The summed E-state index contributed by atoms with van der Waals surface area (Å²) in [4.78, 5) is 41.7. The van der Waals surface area contributed by atoms with Gasteiger partial charge in [0, 0.05) is 13.0 Å². The molecular formula is C31H42O9. The highest BCUT2D eigenvalue weighted by Crippen LogP contribution is 2.71. The molecule has 3 heterocycles. The first-order chi connectivity index (χ1) is 18.6. The topological polar surface area (TPSA) is 140 Å². The number of fused-ring (bicyclic) bond motifs is 8. The molecule has 12 atom stereocenters. The summed E-state index contributed by atoms with van der Waals surface area (Å²) in [6.45, 7) is 10.8. The Kier molecular flexibility index (Phi) is 5.89. The van der Waals surface area contributed by atoms with Crippen LogP contribution < -0.4 is 0 Å². The number of ether oxygens (including phenoxy) is 3. The summed E-state index contributed by atoms with van der Waals surface area (Å²) in [6, 6.07) is 0. The zero-order chi connectivity index (χ0) is 29.3. The molecule has 0 aromatic heterocycles. The smallest absolute Gasteiger partial charge is 0.309 e. The molecule has 220 valence electrons. The standard InChI is InChI=1S/C31H42O9/c1-7-29(36)13-12-18-22(19(32)14-17-10-9-11-20(33)27(17,18)5)30(37)24(34)23-26(4)15-21(39-25(35)16(26)3)28(6,38-8-2)31(23,29)40-30/h9-10,14,16,18-19,21-23,32,36-37H,7-8,11-13,15H2,1-6H3/t16-,18?,19-,21?,22?,23?,26-,27+,28+,29+,30+,31+/m1/s1. The second-order valence-corrected chi connectivity index (χ2v) is 13.6. The summed E-state index contributed by atoms with van der Waals surface area (Å²) in [5, 5.41) is 37.0. The van der Waals surface area contributed by atoms with E-state index in [1.807, 2.05) is 19.9 Å². The third kappa shape index (κ3) is 2.89. The molecule has 0 radical (unpaired) electrons. The summed E-state index contributed by atoms with van der Waals surface area (Å²) in [5.74, 6) is -7.49. The molecule has 40 heavy (non-hydrogen) atoms. The molecule has 0 aromatic carbocycles. The zero-order valence-corrected chi connectivity index (χ0v) is 24.2. The lowest BCUT2D eigenvalue weighted by Gasteiger charge is -2.67. The van der Waals surface area contributed by atoms with Gasteiger partial charge in [-0.3, -0.25) is 14.4 Å². The Hall–Kier alpha value is -1.91. The lowest BCUT2D eigenvalue weighted by molar-refractivity contribution is -0.390. The molecule has 6 aliphatic rings. The molecule has 9 heteroatoms. The molecule has 4 unspecified atom stereocenters. The van der Waals surface area contributed by atoms with Crippen molar-refractivity contribution in [2.45, 2.75) is 108 Å². The SMILES string of the molecule is CCO[C@@]1(C)C2C[C@@](C)(C3C(=O)[C@@]4(O)O[C@@]31[C@](O)(CC)CCC1C4[C@H](O)C=C3C=CCC(=O)[C@@]31C)[C@H](C)C(=O)O2. The minimum atomic E-state index is -2.55. The highest BCUT2D eigenvalue weighted by molar-refractivity contribution is 5.96. The second-order valence-electron chi connectivity index (χ2n) is 13.6. The van der Waals surface area contributed by atoms with E-state index < -0.39 is 81.1 Å². The summed E-state index contributed by atoms with van der Waals surface area (Å²) >= 11 is 0. The van der Waals surface area contributed by atoms with Crippen LogP contribution in [0.15, 0.2) is 23.8 Å². The number of allylic oxidation sites excluding steroid dienone is 3. The van der Waals surface area contributed by atoms with Crippen molar-refractivity contribution in [3.63, 3.8) is 0 Å². The first kappa shape index (κ1) is 28.2. The summed E-state index contributed by atoms with van der Waals surface area (Å²) < 4.78 is 19.1. The predicted octanol–water partition coefficient (Wildman–Crippen LogP) is 2.40. The fourth-order valence-electron chi connectivity index (χ4n) is 9.86. The molecule has 6 rings (SSSR count). The van der Waals surface area contributed by atoms with Crippen LogP contribution in [0.2, 0.25) is 0 Å². The first-order valence-electron chi connectivity index (χ1n) is 14.8. The van der Waals surface area contributed by atoms with Gasteiger partial charge in [-0.05, 0) is 63.4 Å². The van der Waals surface area contributed by atoms with Crippen molar-refractivity contribution in [3.8, 4) is 0 Å². The van der Waals surface area contributed by atoms with Gasteiger partial charge in [0.15, 0.2) is 5.78 Å². The van der Waals surface area contributed by atoms with Gasteiger partial charge in [0.25, 0.3) is 0 Å². The van der Waals surface area contributed by atoms with Crippen LogP contribution >= 0.6 is 0 Å². The van der Waals surface area contributed by atoms with Gasteiger partial charge in [-0.1, -0.05) is 39.0 Å². The van der Waals surface area contributed by atoms with Crippen molar-refractivity contribution < 1.29 is 43.9 Å². The molecule has 0 aromatic rings. The maximum atomic E-state index is 14.9. The van der Waals surface area contributed by atoms with Crippen LogP contribution in [0.5, 0.6) is 0 Å². The third-order valence-corrected chi connectivity index (χ3v) is 12.3. The van der Waals surface area contributed by atoms with E-state index in [1.54, 1.807) is 39.8 Å². The van der Waals surface area contributed by atoms with Gasteiger partial charge in [-0.25, -0.2) is 0 Å². The Bertz CT molecular complexity index is 1240. The Balaban J connectivity index is 1.66. The molecular weight excluding hydrogens is 516 g/mol. The third-order valence-electron chi connectivity index (χ3n) is 12.3. The zero-order valence-electron chi connectivity index (χ0n) is 24.2. The van der Waals surface area contributed by atoms with Gasteiger partial charge in [-0.2, -0.15) is 0 Å². The Morgan fingerprint density at radius 3 is 2.48 bits per heavy atom. The van der Waals surface area contributed by atoms with Gasteiger partial charge in [0.05, 0.1) is 34.9 Å². The van der Waals surface area contributed by atoms with Gasteiger partial charge in [-0.15, -0.1) is 0 Å². The minimum absolute atomic E-state index is 0.0699. The fourth-order valence-corrected chi connectivity index (χ4v) is 9.86. The van der Waals surface area contributed by atoms with Crippen molar-refractivity contribution in [3.05, 3.63) is 23.8 Å². The summed E-state index contributed by atoms with van der Waals surface area (Å²) in [5.41, 5.74) is -6.46. The number of hydrogen-bond acceptors (Lipinski definition) is 9. The van der Waals surface area contributed by atoms with E-state index in [4.69, 9.17) is 14.2 Å². The fraction of sp³-hybridized carbons (Fsp3) is 0.774. The summed E-state index contributed by atoms with van der Waals surface area (Å²) in [6.07, 6.45) is 4.05. The van der Waals surface area contributed by atoms with Gasteiger partial charge < -0.3 is 29.5 Å². The van der Waals surface area contributed by atoms with Crippen LogP contribution in [0.4, 0.5) is 0 Å². The van der Waals surface area contributed by atoms with Gasteiger partial charge >= 0.3 is 5.97 Å². The average molecular weight is 559 g/mol. The average Bonchev–Trinajstić information content (AvgIpc) is 3.16. The largest absolute Gasteiger partial charge is 0.459 e. The molecule has 1 saturated carbocycles. The van der Waals surface area contributed by atoms with Crippen LogP contribution in [-0.4, -0.2) is 74.3 Å². The number of carbonyl (C=O) groups is 3. The van der Waals surface area contributed by atoms with Crippen molar-refractivity contribution in [1.82, 2.24) is 0 Å². The molecule has 0 amide bonds. The van der Waals surface area contributed by atoms with Crippen molar-refractivity contribution >= 4 is 17.5 Å². The summed E-state index contributed by atoms with van der Waals surface area (Å²) in [7, 11) is 0. The molecule has 4 fully saturated rings. The number of esters is 1. The predicted molar refractivity (Wildman–Crippen MR) is 141 cm³/mol. The molecule has 9 nitrogen and oxygen atoms in total. The molecule has 4 bridgehead atoms. The lowest BCUT2D eigenvalue weighted by atomic mass is 9.45. The quantitative estimate of drug-likeness (QED) is 0.446. The lowest BCUT2D eigenvalue weighted by Crippen LogP contribution is -2.81. The van der Waals surface area contributed by atoms with Crippen LogP contribution in [-0.2, 0) is 28.6 Å². The Labute approximate surface area is 234 Å². The maximum absolute atomic E-state index is 14.9. The minimum Gasteiger partial charge on any atom is -0.459 e. The highest BCUT2D eigenvalue weighted by Gasteiger charge is 2.86. The molecule has 1 spiro atoms. The number of Topliss-reactive ketones (excluding diaryl/α,β-unsaturated/α-hetero) is 2. The molecule has 3 aliphatic heterocycles. The van der Waals surface area contributed by atoms with Crippen molar-refractivity contribution in [2.24, 2.45) is 34.5 Å². The van der Waals surface area contributed by atoms with Crippen LogP contribution in [0.3, 0.4) is 0 Å². The van der Waals surface area contributed by atoms with Crippen LogP contribution in [0.1, 0.15) is 73.6 Å². The van der Waals surface area contributed by atoms with Crippen LogP contribution in [0, 0.1) is 34.5 Å². The number of rotatable bonds is 3. The molecule has 3 N–H and O–H groups in total. The maximum Gasteiger partial charge on any atom is 0.309 e. The van der Waals surface area contributed by atoms with E-state index in [1.165, 1.54) is 0 Å². The monoisotopic (exact) mass is 558 g/mol. The van der Waals surface area contributed by atoms with E-state index in [9.17, 15) is 29.7 Å². The van der Waals surface area contributed by atoms with E-state index in [2.05, 4.69) is 0 Å². The van der Waals surface area contributed by atoms with E-state index in [0.29, 0.717) is 5.57 Å². The van der Waals surface area contributed by atoms with E-state index in [0.717, 1.165) is 0 Å². The van der Waals surface area contributed by atoms with Crippen molar-refractivity contribution in [1.29, 1.82) is 0 Å². The Morgan fingerprint density at radius 1 is 1.12 bits per heavy atom. The number of aliphatic hydroxyl groups excluding tert-OH is 1. The number of hydrogen-bond donors (Lipinski definition) is 3. The Morgan fingerprint density at radius 2 is 1.82 bits per heavy atom. The van der Waals surface area contributed by atoms with Gasteiger partial charge in [0.1, 0.15) is 23.1 Å². The molecule has 3 saturated heterocycles. The van der Waals surface area contributed by atoms with E-state index in [-0.39, 0.29) is 44.5 Å². The normalized spacial score (nSPS) is 54.9. The van der Waals surface area contributed by atoms with E-state index >= 15 is 0 Å². The van der Waals surface area contributed by atoms with Crippen molar-refractivity contribution in [2.75, 3.05) is 6.61 Å². The van der Waals surface area contributed by atoms with Crippen LogP contribution in [0.25, 0.3) is 0 Å². The number of ketones is 2. The second kappa shape index (κ2) is 8.34. The number of carbonyl (C=O) groups excluding carboxylic acids is 3. The van der Waals surface area contributed by atoms with Gasteiger partial charge in [0.2, 0.25) is 5.79 Å². The highest BCUT2D eigenvalue weighted by atomic mass is 16.7. The number of aliphatic hydroxyl groups is 3. The first-order valence-corrected chi connectivity index (χ1v) is 14.8.